The number of nitrogens with zero attached hydrogens (tertiary/aromatic N) is 2. The molecule has 20 heavy (non-hydrogen) atoms. The predicted molar refractivity (Wildman–Crippen MR) is 75.1 cm³/mol. The van der Waals surface area contributed by atoms with E-state index in [1.165, 1.54) is 0 Å². The zero-order valence-electron chi connectivity index (χ0n) is 12.0. The number of hydrogen-bond acceptors (Lipinski definition) is 4. The van der Waals surface area contributed by atoms with Crippen LogP contribution in [-0.2, 0) is 20.8 Å². The van der Waals surface area contributed by atoms with Crippen LogP contribution in [0.3, 0.4) is 0 Å². The van der Waals surface area contributed by atoms with Crippen LogP contribution in [0, 0.1) is 5.92 Å². The van der Waals surface area contributed by atoms with Gasteiger partial charge < -0.3 is 14.4 Å². The van der Waals surface area contributed by atoms with Crippen LogP contribution < -0.4 is 0 Å². The van der Waals surface area contributed by atoms with Gasteiger partial charge in [-0.05, 0) is 30.0 Å². The fourth-order valence-corrected chi connectivity index (χ4v) is 2.32. The summed E-state index contributed by atoms with van der Waals surface area (Å²) in [5.41, 5.74) is 1.09. The first-order valence-corrected chi connectivity index (χ1v) is 7.03. The summed E-state index contributed by atoms with van der Waals surface area (Å²) in [6, 6.07) is 3.87. The molecule has 0 aliphatic carbocycles. The van der Waals surface area contributed by atoms with E-state index in [9.17, 15) is 4.79 Å². The van der Waals surface area contributed by atoms with E-state index in [1.807, 2.05) is 17.0 Å². The maximum atomic E-state index is 12.4. The molecular weight excluding hydrogens is 256 g/mol. The molecular formula is C15H22N2O3. The van der Waals surface area contributed by atoms with Gasteiger partial charge in [0.05, 0.1) is 6.61 Å². The highest BCUT2D eigenvalue weighted by atomic mass is 16.5. The molecule has 1 aliphatic heterocycles. The third kappa shape index (κ3) is 4.58. The van der Waals surface area contributed by atoms with Gasteiger partial charge in [-0.3, -0.25) is 9.78 Å². The number of rotatable bonds is 7. The van der Waals surface area contributed by atoms with Gasteiger partial charge in [0.2, 0.25) is 5.91 Å². The molecule has 1 amide bonds. The Morgan fingerprint density at radius 2 is 2.30 bits per heavy atom. The number of carbonyl (C=O) groups is 1. The lowest BCUT2D eigenvalue weighted by molar-refractivity contribution is -0.133. The summed E-state index contributed by atoms with van der Waals surface area (Å²) in [6.07, 6.45) is 5.05. The van der Waals surface area contributed by atoms with E-state index in [1.54, 1.807) is 19.5 Å². The second-order valence-electron chi connectivity index (χ2n) is 5.10. The van der Waals surface area contributed by atoms with E-state index in [4.69, 9.17) is 9.47 Å². The van der Waals surface area contributed by atoms with Gasteiger partial charge in [-0.15, -0.1) is 0 Å². The third-order valence-electron chi connectivity index (χ3n) is 3.53. The molecule has 0 spiro atoms. The van der Waals surface area contributed by atoms with Crippen LogP contribution in [0.4, 0.5) is 0 Å². The minimum atomic E-state index is 0.175. The topological polar surface area (TPSA) is 51.7 Å². The maximum Gasteiger partial charge on any atom is 0.223 e. The lowest BCUT2D eigenvalue weighted by Gasteiger charge is -2.23. The fraction of sp³-hybridized carbons (Fsp3) is 0.600. The first-order valence-electron chi connectivity index (χ1n) is 7.03. The number of carbonyl (C=O) groups excluding carboxylic acids is 1. The molecule has 1 atom stereocenters. The lowest BCUT2D eigenvalue weighted by atomic mass is 10.0. The molecule has 1 unspecified atom stereocenters. The standard InChI is InChI=1S/C15H22N2O3/c1-19-9-7-17(11-13-2-5-16-6-3-13)15(18)10-14-4-8-20-12-14/h2-3,5-6,14H,4,7-12H2,1H3. The molecule has 1 fully saturated rings. The van der Waals surface area contributed by atoms with Crippen LogP contribution >= 0.6 is 0 Å². The smallest absolute Gasteiger partial charge is 0.223 e. The van der Waals surface area contributed by atoms with Gasteiger partial charge in [0.15, 0.2) is 0 Å². The Morgan fingerprint density at radius 3 is 2.95 bits per heavy atom. The summed E-state index contributed by atoms with van der Waals surface area (Å²) >= 11 is 0. The average molecular weight is 278 g/mol. The Kier molecular flexibility index (Phi) is 5.95. The van der Waals surface area contributed by atoms with E-state index in [-0.39, 0.29) is 5.91 Å². The van der Waals surface area contributed by atoms with Crippen LogP contribution in [0.5, 0.6) is 0 Å². The van der Waals surface area contributed by atoms with Gasteiger partial charge in [-0.25, -0.2) is 0 Å². The summed E-state index contributed by atoms with van der Waals surface area (Å²) in [5.74, 6) is 0.541. The van der Waals surface area contributed by atoms with Gasteiger partial charge in [0, 0.05) is 52.2 Å². The van der Waals surface area contributed by atoms with Crippen molar-refractivity contribution >= 4 is 5.91 Å². The van der Waals surface area contributed by atoms with Crippen LogP contribution in [0.15, 0.2) is 24.5 Å². The van der Waals surface area contributed by atoms with Gasteiger partial charge in [-0.1, -0.05) is 0 Å². The zero-order chi connectivity index (χ0) is 14.2. The molecule has 5 nitrogen and oxygen atoms in total. The van der Waals surface area contributed by atoms with E-state index in [0.29, 0.717) is 38.6 Å². The van der Waals surface area contributed by atoms with Crippen molar-refractivity contribution in [3.8, 4) is 0 Å². The van der Waals surface area contributed by atoms with E-state index in [0.717, 1.165) is 18.6 Å². The summed E-state index contributed by atoms with van der Waals surface area (Å²) in [7, 11) is 1.65. The number of ether oxygens (including phenoxy) is 2. The Morgan fingerprint density at radius 1 is 1.50 bits per heavy atom. The first-order chi connectivity index (χ1) is 9.79. The van der Waals surface area contributed by atoms with Gasteiger partial charge in [0.25, 0.3) is 0 Å². The molecule has 0 radical (unpaired) electrons. The molecule has 2 rings (SSSR count). The highest BCUT2D eigenvalue weighted by molar-refractivity contribution is 5.76. The SMILES string of the molecule is COCCN(Cc1ccncc1)C(=O)CC1CCOC1. The van der Waals surface area contributed by atoms with Gasteiger partial charge >= 0.3 is 0 Å². The highest BCUT2D eigenvalue weighted by Gasteiger charge is 2.22. The zero-order valence-corrected chi connectivity index (χ0v) is 12.0. The van der Waals surface area contributed by atoms with Crippen molar-refractivity contribution in [3.63, 3.8) is 0 Å². The summed E-state index contributed by atoms with van der Waals surface area (Å²) in [6.45, 7) is 3.26. The van der Waals surface area contributed by atoms with Crippen LogP contribution in [0.2, 0.25) is 0 Å². The molecule has 2 heterocycles. The molecule has 0 saturated carbocycles. The fourth-order valence-electron chi connectivity index (χ4n) is 2.32. The second kappa shape index (κ2) is 7.97. The molecule has 0 bridgehead atoms. The molecule has 110 valence electrons. The molecule has 5 heteroatoms. The average Bonchev–Trinajstić information content (AvgIpc) is 2.97. The molecule has 1 aromatic rings. The van der Waals surface area contributed by atoms with Crippen molar-refractivity contribution in [2.75, 3.05) is 33.5 Å². The molecule has 1 aromatic heterocycles. The minimum absolute atomic E-state index is 0.175. The van der Waals surface area contributed by atoms with Crippen molar-refractivity contribution in [1.82, 2.24) is 9.88 Å². The van der Waals surface area contributed by atoms with Crippen molar-refractivity contribution in [1.29, 1.82) is 0 Å². The summed E-state index contributed by atoms with van der Waals surface area (Å²) in [4.78, 5) is 18.3. The Bertz CT molecular complexity index is 405. The van der Waals surface area contributed by atoms with Gasteiger partial charge in [0.1, 0.15) is 0 Å². The number of methoxy groups -OCH3 is 1. The molecule has 1 saturated heterocycles. The number of aromatic nitrogens is 1. The van der Waals surface area contributed by atoms with E-state index >= 15 is 0 Å². The number of pyridine rings is 1. The largest absolute Gasteiger partial charge is 0.383 e. The third-order valence-corrected chi connectivity index (χ3v) is 3.53. The Hall–Kier alpha value is -1.46. The first kappa shape index (κ1) is 14.9. The monoisotopic (exact) mass is 278 g/mol. The Balaban J connectivity index is 1.92. The van der Waals surface area contributed by atoms with Crippen molar-refractivity contribution in [2.24, 2.45) is 5.92 Å². The highest BCUT2D eigenvalue weighted by Crippen LogP contribution is 2.18. The van der Waals surface area contributed by atoms with Crippen LogP contribution in [-0.4, -0.2) is 49.3 Å². The minimum Gasteiger partial charge on any atom is -0.383 e. The van der Waals surface area contributed by atoms with Crippen molar-refractivity contribution in [3.05, 3.63) is 30.1 Å². The summed E-state index contributed by atoms with van der Waals surface area (Å²) < 4.78 is 10.4. The Labute approximate surface area is 119 Å². The summed E-state index contributed by atoms with van der Waals surface area (Å²) in [5, 5.41) is 0. The van der Waals surface area contributed by atoms with Crippen LogP contribution in [0.1, 0.15) is 18.4 Å². The molecule has 1 aliphatic rings. The maximum absolute atomic E-state index is 12.4. The molecule has 0 aromatic carbocycles. The number of hydrogen-bond donors (Lipinski definition) is 0. The molecule has 0 N–H and O–H groups in total. The normalized spacial score (nSPS) is 18.1. The van der Waals surface area contributed by atoms with Crippen molar-refractivity contribution < 1.29 is 14.3 Å². The number of amides is 1. The van der Waals surface area contributed by atoms with Crippen molar-refractivity contribution in [2.45, 2.75) is 19.4 Å². The quantitative estimate of drug-likeness (QED) is 0.758. The van der Waals surface area contributed by atoms with E-state index in [2.05, 4.69) is 4.98 Å². The van der Waals surface area contributed by atoms with E-state index < -0.39 is 0 Å². The predicted octanol–water partition coefficient (Wildman–Crippen LogP) is 1.48. The lowest BCUT2D eigenvalue weighted by Crippen LogP contribution is -2.34. The van der Waals surface area contributed by atoms with Gasteiger partial charge in [-0.2, -0.15) is 0 Å². The van der Waals surface area contributed by atoms with Crippen LogP contribution in [0.25, 0.3) is 0 Å². The second-order valence-corrected chi connectivity index (χ2v) is 5.10.